The van der Waals surface area contributed by atoms with Gasteiger partial charge in [0.15, 0.2) is 0 Å². The SMILES string of the molecule is CC(C)CN(c1ccc([N+](=O)[O-])c(I)c1)C1CC1. The van der Waals surface area contributed by atoms with Gasteiger partial charge in [-0.3, -0.25) is 10.1 Å². The Morgan fingerprint density at radius 1 is 1.50 bits per heavy atom. The molecule has 0 spiro atoms. The molecule has 4 nitrogen and oxygen atoms in total. The third-order valence-corrected chi connectivity index (χ3v) is 3.87. The van der Waals surface area contributed by atoms with Gasteiger partial charge < -0.3 is 4.90 Å². The van der Waals surface area contributed by atoms with E-state index in [1.54, 1.807) is 6.07 Å². The number of benzene rings is 1. The van der Waals surface area contributed by atoms with Crippen LogP contribution < -0.4 is 4.90 Å². The molecule has 1 fully saturated rings. The van der Waals surface area contributed by atoms with Crippen LogP contribution in [0, 0.1) is 19.6 Å². The summed E-state index contributed by atoms with van der Waals surface area (Å²) in [5.74, 6) is 0.596. The fourth-order valence-electron chi connectivity index (χ4n) is 2.07. The van der Waals surface area contributed by atoms with Gasteiger partial charge in [-0.25, -0.2) is 0 Å². The molecule has 0 saturated heterocycles. The molecular formula is C13H17IN2O2. The smallest absolute Gasteiger partial charge is 0.282 e. The predicted molar refractivity (Wildman–Crippen MR) is 81.0 cm³/mol. The van der Waals surface area contributed by atoms with Crippen molar-refractivity contribution in [3.8, 4) is 0 Å². The molecule has 1 aromatic rings. The largest absolute Gasteiger partial charge is 0.368 e. The van der Waals surface area contributed by atoms with Gasteiger partial charge in [0.1, 0.15) is 0 Å². The van der Waals surface area contributed by atoms with Crippen molar-refractivity contribution >= 4 is 34.0 Å². The Kier molecular flexibility index (Phi) is 4.09. The zero-order chi connectivity index (χ0) is 13.3. The standard InChI is InChI=1S/C13H17IN2O2/c1-9(2)8-15(10-3-4-10)11-5-6-13(16(17)18)12(14)7-11/h5-7,9-10H,3-4,8H2,1-2H3. The lowest BCUT2D eigenvalue weighted by Gasteiger charge is -2.26. The van der Waals surface area contributed by atoms with Crippen molar-refractivity contribution in [3.63, 3.8) is 0 Å². The molecular weight excluding hydrogens is 343 g/mol. The second kappa shape index (κ2) is 5.42. The number of nitro benzene ring substituents is 1. The molecule has 5 heteroatoms. The molecule has 1 saturated carbocycles. The highest BCUT2D eigenvalue weighted by atomic mass is 127. The molecule has 0 amide bonds. The molecule has 0 unspecified atom stereocenters. The van der Waals surface area contributed by atoms with Crippen LogP contribution in [0.15, 0.2) is 18.2 Å². The summed E-state index contributed by atoms with van der Waals surface area (Å²) in [5.41, 5.74) is 1.31. The topological polar surface area (TPSA) is 46.4 Å². The highest BCUT2D eigenvalue weighted by Gasteiger charge is 2.30. The fourth-order valence-corrected chi connectivity index (χ4v) is 2.76. The molecule has 0 aromatic heterocycles. The first kappa shape index (κ1) is 13.6. The molecule has 0 atom stereocenters. The van der Waals surface area contributed by atoms with Crippen molar-refractivity contribution in [2.24, 2.45) is 5.92 Å². The van der Waals surface area contributed by atoms with Crippen molar-refractivity contribution < 1.29 is 4.92 Å². The third kappa shape index (κ3) is 3.13. The van der Waals surface area contributed by atoms with E-state index in [4.69, 9.17) is 0 Å². The van der Waals surface area contributed by atoms with E-state index in [0.29, 0.717) is 15.5 Å². The fraction of sp³-hybridized carbons (Fsp3) is 0.538. The first-order valence-electron chi connectivity index (χ1n) is 6.19. The van der Waals surface area contributed by atoms with Gasteiger partial charge in [0.2, 0.25) is 0 Å². The Morgan fingerprint density at radius 3 is 2.61 bits per heavy atom. The Morgan fingerprint density at radius 2 is 2.17 bits per heavy atom. The number of halogens is 1. The minimum absolute atomic E-state index is 0.194. The van der Waals surface area contributed by atoms with E-state index in [1.165, 1.54) is 12.8 Å². The summed E-state index contributed by atoms with van der Waals surface area (Å²) < 4.78 is 0.713. The second-order valence-electron chi connectivity index (χ2n) is 5.17. The molecule has 1 aliphatic carbocycles. The van der Waals surface area contributed by atoms with Crippen LogP contribution in [0.25, 0.3) is 0 Å². The monoisotopic (exact) mass is 360 g/mol. The van der Waals surface area contributed by atoms with E-state index >= 15 is 0 Å². The quantitative estimate of drug-likeness (QED) is 0.456. The average molecular weight is 360 g/mol. The molecule has 1 aliphatic rings. The maximum atomic E-state index is 10.8. The van der Waals surface area contributed by atoms with Gasteiger partial charge in [0.25, 0.3) is 5.69 Å². The second-order valence-corrected chi connectivity index (χ2v) is 6.33. The predicted octanol–water partition coefficient (Wildman–Crippen LogP) is 3.82. The number of hydrogen-bond donors (Lipinski definition) is 0. The first-order valence-corrected chi connectivity index (χ1v) is 7.27. The van der Waals surface area contributed by atoms with Crippen LogP contribution in [0.1, 0.15) is 26.7 Å². The maximum absolute atomic E-state index is 10.8. The summed E-state index contributed by atoms with van der Waals surface area (Å²) in [6.45, 7) is 5.41. The number of nitro groups is 1. The summed E-state index contributed by atoms with van der Waals surface area (Å²) in [6.07, 6.45) is 2.47. The highest BCUT2D eigenvalue weighted by Crippen LogP contribution is 2.34. The Balaban J connectivity index is 2.25. The summed E-state index contributed by atoms with van der Waals surface area (Å²) in [7, 11) is 0. The van der Waals surface area contributed by atoms with Gasteiger partial charge >= 0.3 is 0 Å². The Bertz CT molecular complexity index is 458. The van der Waals surface area contributed by atoms with Gasteiger partial charge in [-0.1, -0.05) is 13.8 Å². The lowest BCUT2D eigenvalue weighted by atomic mass is 10.1. The van der Waals surface area contributed by atoms with Crippen molar-refractivity contribution in [2.75, 3.05) is 11.4 Å². The van der Waals surface area contributed by atoms with Crippen molar-refractivity contribution in [1.82, 2.24) is 0 Å². The van der Waals surface area contributed by atoms with Crippen molar-refractivity contribution in [3.05, 3.63) is 31.9 Å². The highest BCUT2D eigenvalue weighted by molar-refractivity contribution is 14.1. The molecule has 98 valence electrons. The molecule has 0 aliphatic heterocycles. The zero-order valence-corrected chi connectivity index (χ0v) is 12.8. The molecule has 0 N–H and O–H groups in total. The van der Waals surface area contributed by atoms with E-state index in [-0.39, 0.29) is 10.6 Å². The first-order chi connectivity index (χ1) is 8.49. The van der Waals surface area contributed by atoms with Crippen molar-refractivity contribution in [2.45, 2.75) is 32.7 Å². The third-order valence-electron chi connectivity index (χ3n) is 3.01. The zero-order valence-electron chi connectivity index (χ0n) is 10.6. The van der Waals surface area contributed by atoms with Crippen LogP contribution in [0.4, 0.5) is 11.4 Å². The van der Waals surface area contributed by atoms with Crippen LogP contribution in [0.5, 0.6) is 0 Å². The van der Waals surface area contributed by atoms with Crippen LogP contribution in [0.3, 0.4) is 0 Å². The summed E-state index contributed by atoms with van der Waals surface area (Å²) in [6, 6.07) is 6.05. The summed E-state index contributed by atoms with van der Waals surface area (Å²) in [4.78, 5) is 12.9. The number of rotatable bonds is 5. The number of anilines is 1. The molecule has 1 aromatic carbocycles. The molecule has 0 heterocycles. The molecule has 2 rings (SSSR count). The summed E-state index contributed by atoms with van der Waals surface area (Å²) in [5, 5.41) is 10.8. The Labute approximate surface area is 121 Å². The molecule has 18 heavy (non-hydrogen) atoms. The lowest BCUT2D eigenvalue weighted by molar-refractivity contribution is -0.385. The minimum atomic E-state index is -0.324. The van der Waals surface area contributed by atoms with Crippen LogP contribution >= 0.6 is 22.6 Å². The summed E-state index contributed by atoms with van der Waals surface area (Å²) >= 11 is 2.04. The van der Waals surface area contributed by atoms with Crippen molar-refractivity contribution in [1.29, 1.82) is 0 Å². The van der Waals surface area contributed by atoms with Gasteiger partial charge in [0.05, 0.1) is 8.49 Å². The number of nitrogens with zero attached hydrogens (tertiary/aromatic N) is 2. The van der Waals surface area contributed by atoms with Gasteiger partial charge in [-0.05, 0) is 53.5 Å². The maximum Gasteiger partial charge on any atom is 0.282 e. The normalized spacial score (nSPS) is 14.9. The molecule has 0 bridgehead atoms. The van der Waals surface area contributed by atoms with E-state index in [9.17, 15) is 10.1 Å². The van der Waals surface area contributed by atoms with E-state index in [0.717, 1.165) is 12.2 Å². The number of hydrogen-bond acceptors (Lipinski definition) is 3. The minimum Gasteiger partial charge on any atom is -0.368 e. The van der Waals surface area contributed by atoms with Gasteiger partial charge in [-0.2, -0.15) is 0 Å². The van der Waals surface area contributed by atoms with Crippen LogP contribution in [-0.2, 0) is 0 Å². The van der Waals surface area contributed by atoms with Gasteiger partial charge in [-0.15, -0.1) is 0 Å². The van der Waals surface area contributed by atoms with E-state index in [2.05, 4.69) is 18.7 Å². The average Bonchev–Trinajstić information content (AvgIpc) is 3.08. The van der Waals surface area contributed by atoms with Gasteiger partial charge in [0, 0.05) is 24.3 Å². The Hall–Kier alpha value is -0.850. The van der Waals surface area contributed by atoms with Crippen LogP contribution in [0.2, 0.25) is 0 Å². The van der Waals surface area contributed by atoms with E-state index in [1.807, 2.05) is 34.7 Å². The van der Waals surface area contributed by atoms with E-state index < -0.39 is 0 Å². The van der Waals surface area contributed by atoms with Crippen LogP contribution in [-0.4, -0.2) is 17.5 Å². The lowest BCUT2D eigenvalue weighted by Crippen LogP contribution is -2.29. The molecule has 0 radical (unpaired) electrons.